The number of furan rings is 2. The summed E-state index contributed by atoms with van der Waals surface area (Å²) in [5.74, 6) is 1.86. The molecule has 0 fully saturated rings. The molecule has 0 bridgehead atoms. The average molecular weight is 297 g/mol. The Morgan fingerprint density at radius 1 is 0.727 bits per heavy atom. The van der Waals surface area contributed by atoms with Crippen LogP contribution in [0.3, 0.4) is 0 Å². The number of benzene rings is 1. The lowest BCUT2D eigenvalue weighted by atomic mass is 10.1. The highest BCUT2D eigenvalue weighted by molar-refractivity contribution is 5.22. The quantitative estimate of drug-likeness (QED) is 0.724. The van der Waals surface area contributed by atoms with Crippen molar-refractivity contribution in [3.63, 3.8) is 0 Å². The molecule has 2 heterocycles. The van der Waals surface area contributed by atoms with Gasteiger partial charge >= 0.3 is 0 Å². The van der Waals surface area contributed by atoms with Gasteiger partial charge in [-0.05, 0) is 35.4 Å². The van der Waals surface area contributed by atoms with Crippen molar-refractivity contribution in [2.75, 3.05) is 0 Å². The zero-order valence-electron chi connectivity index (χ0n) is 12.3. The van der Waals surface area contributed by atoms with Crippen molar-refractivity contribution < 1.29 is 13.9 Å². The standard InChI is InChI=1S/C18H19NO3/c20-14-16-7-5-15(6-8-16)11-19(12-17-3-1-9-21-17)13-18-4-2-10-22-18/h1-10,20H,11-14H2. The summed E-state index contributed by atoms with van der Waals surface area (Å²) < 4.78 is 10.9. The second kappa shape index (κ2) is 7.11. The van der Waals surface area contributed by atoms with Gasteiger partial charge in [-0.2, -0.15) is 0 Å². The zero-order chi connectivity index (χ0) is 15.2. The summed E-state index contributed by atoms with van der Waals surface area (Å²) in [4.78, 5) is 2.26. The fraction of sp³-hybridized carbons (Fsp3) is 0.222. The van der Waals surface area contributed by atoms with E-state index in [0.717, 1.165) is 36.7 Å². The molecule has 114 valence electrons. The highest BCUT2D eigenvalue weighted by Gasteiger charge is 2.11. The van der Waals surface area contributed by atoms with Crippen LogP contribution in [0.25, 0.3) is 0 Å². The van der Waals surface area contributed by atoms with Crippen molar-refractivity contribution in [1.29, 1.82) is 0 Å². The summed E-state index contributed by atoms with van der Waals surface area (Å²) in [6.07, 6.45) is 3.38. The molecule has 3 rings (SSSR count). The van der Waals surface area contributed by atoms with Crippen molar-refractivity contribution in [3.05, 3.63) is 83.7 Å². The second-order valence-electron chi connectivity index (χ2n) is 5.28. The van der Waals surface area contributed by atoms with E-state index in [0.29, 0.717) is 0 Å². The molecule has 0 spiro atoms. The minimum absolute atomic E-state index is 0.0722. The third-order valence-electron chi connectivity index (χ3n) is 3.53. The van der Waals surface area contributed by atoms with E-state index in [2.05, 4.69) is 4.90 Å². The summed E-state index contributed by atoms with van der Waals surface area (Å²) in [6.45, 7) is 2.29. The van der Waals surface area contributed by atoms with E-state index < -0.39 is 0 Å². The van der Waals surface area contributed by atoms with Crippen molar-refractivity contribution in [3.8, 4) is 0 Å². The number of hydrogen-bond acceptors (Lipinski definition) is 4. The molecule has 22 heavy (non-hydrogen) atoms. The van der Waals surface area contributed by atoms with E-state index in [1.54, 1.807) is 12.5 Å². The van der Waals surface area contributed by atoms with Gasteiger partial charge < -0.3 is 13.9 Å². The molecule has 2 aromatic heterocycles. The molecule has 0 unspecified atom stereocenters. The normalized spacial score (nSPS) is 11.2. The molecule has 0 radical (unpaired) electrons. The highest BCUT2D eigenvalue weighted by atomic mass is 16.3. The van der Waals surface area contributed by atoms with Gasteiger partial charge in [-0.25, -0.2) is 0 Å². The molecule has 1 N–H and O–H groups in total. The SMILES string of the molecule is OCc1ccc(CN(Cc2ccco2)Cc2ccco2)cc1. The first-order valence-electron chi connectivity index (χ1n) is 7.29. The summed E-state index contributed by atoms with van der Waals surface area (Å²) >= 11 is 0. The lowest BCUT2D eigenvalue weighted by Crippen LogP contribution is -2.21. The first-order valence-corrected chi connectivity index (χ1v) is 7.29. The Hall–Kier alpha value is -2.30. The third kappa shape index (κ3) is 3.87. The molecule has 0 aliphatic rings. The summed E-state index contributed by atoms with van der Waals surface area (Å²) in [5, 5.41) is 9.12. The Kier molecular flexibility index (Phi) is 4.73. The maximum Gasteiger partial charge on any atom is 0.117 e. The van der Waals surface area contributed by atoms with Crippen molar-refractivity contribution in [2.24, 2.45) is 0 Å². The fourth-order valence-corrected chi connectivity index (χ4v) is 2.42. The van der Waals surface area contributed by atoms with Gasteiger partial charge in [0.15, 0.2) is 0 Å². The lowest BCUT2D eigenvalue weighted by Gasteiger charge is -2.20. The molecule has 0 aliphatic carbocycles. The Morgan fingerprint density at radius 3 is 1.73 bits per heavy atom. The number of hydrogen-bond donors (Lipinski definition) is 1. The molecule has 4 nitrogen and oxygen atoms in total. The average Bonchev–Trinajstić information content (AvgIpc) is 3.22. The maximum absolute atomic E-state index is 9.12. The molecule has 0 saturated heterocycles. The van der Waals surface area contributed by atoms with Gasteiger partial charge in [-0.3, -0.25) is 4.90 Å². The van der Waals surface area contributed by atoms with Gasteiger partial charge in [0.25, 0.3) is 0 Å². The number of nitrogens with zero attached hydrogens (tertiary/aromatic N) is 1. The Bertz CT molecular complexity index is 621. The zero-order valence-corrected chi connectivity index (χ0v) is 12.3. The highest BCUT2D eigenvalue weighted by Crippen LogP contribution is 2.15. The first-order chi connectivity index (χ1) is 10.8. The molecule has 0 aliphatic heterocycles. The molecule has 0 atom stereocenters. The van der Waals surface area contributed by atoms with Crippen LogP contribution in [0, 0.1) is 0 Å². The lowest BCUT2D eigenvalue weighted by molar-refractivity contribution is 0.209. The van der Waals surface area contributed by atoms with Crippen LogP contribution < -0.4 is 0 Å². The molecule has 4 heteroatoms. The van der Waals surface area contributed by atoms with E-state index in [-0.39, 0.29) is 6.61 Å². The van der Waals surface area contributed by atoms with Gasteiger partial charge in [-0.1, -0.05) is 24.3 Å². The topological polar surface area (TPSA) is 49.8 Å². The smallest absolute Gasteiger partial charge is 0.117 e. The van der Waals surface area contributed by atoms with Crippen LogP contribution in [0.2, 0.25) is 0 Å². The minimum Gasteiger partial charge on any atom is -0.468 e. The van der Waals surface area contributed by atoms with E-state index in [1.165, 1.54) is 5.56 Å². The first kappa shape index (κ1) is 14.6. The van der Waals surface area contributed by atoms with Crippen LogP contribution in [0.1, 0.15) is 22.6 Å². The Morgan fingerprint density at radius 2 is 1.27 bits per heavy atom. The van der Waals surface area contributed by atoms with Crippen LogP contribution in [-0.2, 0) is 26.2 Å². The fourth-order valence-electron chi connectivity index (χ4n) is 2.42. The monoisotopic (exact) mass is 297 g/mol. The molecule has 0 saturated carbocycles. The largest absolute Gasteiger partial charge is 0.468 e. The Balaban J connectivity index is 1.71. The predicted octanol–water partition coefficient (Wildman–Crippen LogP) is 3.57. The van der Waals surface area contributed by atoms with Crippen molar-refractivity contribution in [2.45, 2.75) is 26.2 Å². The van der Waals surface area contributed by atoms with E-state index in [1.807, 2.05) is 48.5 Å². The summed E-state index contributed by atoms with van der Waals surface area (Å²) in [7, 11) is 0. The van der Waals surface area contributed by atoms with Crippen LogP contribution in [0.5, 0.6) is 0 Å². The van der Waals surface area contributed by atoms with Gasteiger partial charge in [0, 0.05) is 6.54 Å². The molecular formula is C18H19NO3. The van der Waals surface area contributed by atoms with E-state index in [4.69, 9.17) is 13.9 Å². The number of aliphatic hydroxyl groups excluding tert-OH is 1. The molecule has 3 aromatic rings. The van der Waals surface area contributed by atoms with Gasteiger partial charge in [-0.15, -0.1) is 0 Å². The number of aliphatic hydroxyl groups is 1. The van der Waals surface area contributed by atoms with Gasteiger partial charge in [0.05, 0.1) is 32.2 Å². The predicted molar refractivity (Wildman–Crippen MR) is 82.7 cm³/mol. The van der Waals surface area contributed by atoms with E-state index >= 15 is 0 Å². The molecule has 1 aromatic carbocycles. The molecule has 0 amide bonds. The van der Waals surface area contributed by atoms with Gasteiger partial charge in [0.1, 0.15) is 11.5 Å². The number of rotatable bonds is 7. The summed E-state index contributed by atoms with van der Waals surface area (Å²) in [5.41, 5.74) is 2.11. The molecular weight excluding hydrogens is 278 g/mol. The van der Waals surface area contributed by atoms with E-state index in [9.17, 15) is 0 Å². The Labute approximate surface area is 129 Å². The van der Waals surface area contributed by atoms with Crippen LogP contribution in [0.15, 0.2) is 69.9 Å². The van der Waals surface area contributed by atoms with Crippen molar-refractivity contribution >= 4 is 0 Å². The maximum atomic E-state index is 9.12. The van der Waals surface area contributed by atoms with Gasteiger partial charge in [0.2, 0.25) is 0 Å². The van der Waals surface area contributed by atoms with Crippen LogP contribution in [0.4, 0.5) is 0 Å². The van der Waals surface area contributed by atoms with Crippen LogP contribution in [-0.4, -0.2) is 10.0 Å². The summed E-state index contributed by atoms with van der Waals surface area (Å²) in [6, 6.07) is 15.7. The van der Waals surface area contributed by atoms with Crippen molar-refractivity contribution in [1.82, 2.24) is 4.90 Å². The van der Waals surface area contributed by atoms with Crippen LogP contribution >= 0.6 is 0 Å². The third-order valence-corrected chi connectivity index (χ3v) is 3.53. The minimum atomic E-state index is 0.0722. The second-order valence-corrected chi connectivity index (χ2v) is 5.28.